The van der Waals surface area contributed by atoms with Crippen LogP contribution in [0.4, 0.5) is 5.69 Å². The summed E-state index contributed by atoms with van der Waals surface area (Å²) in [6.45, 7) is 1.88. The van der Waals surface area contributed by atoms with E-state index in [1.165, 1.54) is 4.90 Å². The highest BCUT2D eigenvalue weighted by atomic mass is 16.2. The van der Waals surface area contributed by atoms with Gasteiger partial charge in [-0.15, -0.1) is 10.2 Å². The molecule has 6 heteroatoms. The average molecular weight is 318 g/mol. The lowest BCUT2D eigenvalue weighted by molar-refractivity contribution is 0.0926. The molecule has 1 aliphatic rings. The van der Waals surface area contributed by atoms with Crippen LogP contribution in [0.3, 0.4) is 0 Å². The fourth-order valence-electron chi connectivity index (χ4n) is 3.04. The van der Waals surface area contributed by atoms with Crippen molar-refractivity contribution in [1.82, 2.24) is 14.8 Å². The second-order valence-electron chi connectivity index (χ2n) is 5.71. The van der Waals surface area contributed by atoms with Crippen LogP contribution in [0.2, 0.25) is 0 Å². The molecule has 0 aliphatic carbocycles. The van der Waals surface area contributed by atoms with Gasteiger partial charge in [0.05, 0.1) is 16.8 Å². The molecule has 6 nitrogen and oxygen atoms in total. The molecular weight excluding hydrogens is 304 g/mol. The van der Waals surface area contributed by atoms with Crippen LogP contribution in [0.1, 0.15) is 26.3 Å². The molecule has 1 aromatic heterocycles. The van der Waals surface area contributed by atoms with Gasteiger partial charge in [0, 0.05) is 12.6 Å². The predicted octanol–water partition coefficient (Wildman–Crippen LogP) is 2.59. The van der Waals surface area contributed by atoms with Crippen molar-refractivity contribution in [2.45, 2.75) is 6.92 Å². The van der Waals surface area contributed by atoms with Crippen LogP contribution in [0.5, 0.6) is 0 Å². The van der Waals surface area contributed by atoms with E-state index in [-0.39, 0.29) is 11.8 Å². The summed E-state index contributed by atoms with van der Waals surface area (Å²) in [4.78, 5) is 26.6. The van der Waals surface area contributed by atoms with Gasteiger partial charge in [0.15, 0.2) is 5.82 Å². The van der Waals surface area contributed by atoms with Gasteiger partial charge in [0.2, 0.25) is 0 Å². The Kier molecular flexibility index (Phi) is 3.06. The van der Waals surface area contributed by atoms with Crippen LogP contribution in [0, 0.1) is 6.92 Å². The van der Waals surface area contributed by atoms with Crippen molar-refractivity contribution in [3.05, 3.63) is 65.5 Å². The molecule has 0 N–H and O–H groups in total. The number of carbonyl (C=O) groups is 2. The van der Waals surface area contributed by atoms with Crippen molar-refractivity contribution < 1.29 is 9.59 Å². The maximum absolute atomic E-state index is 12.7. The lowest BCUT2D eigenvalue weighted by atomic mass is 10.1. The molecule has 2 heterocycles. The first-order chi connectivity index (χ1) is 11.6. The minimum Gasteiger partial charge on any atom is -0.317 e. The van der Waals surface area contributed by atoms with Crippen molar-refractivity contribution in [2.24, 2.45) is 7.05 Å². The van der Waals surface area contributed by atoms with Crippen LogP contribution < -0.4 is 4.90 Å². The number of imide groups is 1. The van der Waals surface area contributed by atoms with Gasteiger partial charge in [0.1, 0.15) is 6.33 Å². The maximum atomic E-state index is 12.7. The van der Waals surface area contributed by atoms with Gasteiger partial charge in [-0.1, -0.05) is 24.3 Å². The molecule has 4 rings (SSSR count). The maximum Gasteiger partial charge on any atom is 0.266 e. The lowest BCUT2D eigenvalue weighted by Crippen LogP contribution is -2.30. The molecule has 2 aromatic carbocycles. The van der Waals surface area contributed by atoms with E-state index in [1.54, 1.807) is 41.2 Å². The van der Waals surface area contributed by atoms with Gasteiger partial charge >= 0.3 is 0 Å². The number of nitrogens with zero attached hydrogens (tertiary/aromatic N) is 4. The van der Waals surface area contributed by atoms with E-state index >= 15 is 0 Å². The Morgan fingerprint density at radius 2 is 1.50 bits per heavy atom. The highest BCUT2D eigenvalue weighted by Crippen LogP contribution is 2.34. The van der Waals surface area contributed by atoms with Crippen LogP contribution in [-0.4, -0.2) is 26.6 Å². The van der Waals surface area contributed by atoms with Crippen molar-refractivity contribution in [3.63, 3.8) is 0 Å². The lowest BCUT2D eigenvalue weighted by Gasteiger charge is -2.18. The Hall–Kier alpha value is -3.28. The van der Waals surface area contributed by atoms with Crippen LogP contribution >= 0.6 is 0 Å². The molecule has 3 aromatic rings. The van der Waals surface area contributed by atoms with E-state index < -0.39 is 0 Å². The normalized spacial score (nSPS) is 13.5. The topological polar surface area (TPSA) is 68.1 Å². The summed E-state index contributed by atoms with van der Waals surface area (Å²) in [5, 5.41) is 8.01. The van der Waals surface area contributed by atoms with E-state index in [0.29, 0.717) is 22.6 Å². The zero-order valence-electron chi connectivity index (χ0n) is 13.2. The smallest absolute Gasteiger partial charge is 0.266 e. The predicted molar refractivity (Wildman–Crippen MR) is 88.8 cm³/mol. The standard InChI is InChI=1S/C18H14N4O2/c1-11-12(16-20-19-10-21(16)2)8-5-9-15(11)22-17(23)13-6-3-4-7-14(13)18(22)24/h3-10H,1-2H3. The molecule has 24 heavy (non-hydrogen) atoms. The molecule has 0 atom stereocenters. The zero-order valence-corrected chi connectivity index (χ0v) is 13.2. The van der Waals surface area contributed by atoms with Gasteiger partial charge in [-0.05, 0) is 30.7 Å². The number of amides is 2. The van der Waals surface area contributed by atoms with Crippen LogP contribution in [0.25, 0.3) is 11.4 Å². The van der Waals surface area contributed by atoms with Crippen LogP contribution in [0.15, 0.2) is 48.8 Å². The van der Waals surface area contributed by atoms with Gasteiger partial charge in [0.25, 0.3) is 11.8 Å². The third kappa shape index (κ3) is 1.89. The second kappa shape index (κ2) is 5.13. The third-order valence-corrected chi connectivity index (χ3v) is 4.29. The average Bonchev–Trinajstić information content (AvgIpc) is 3.11. The molecule has 0 bridgehead atoms. The first kappa shape index (κ1) is 14.3. The number of aryl methyl sites for hydroxylation is 1. The summed E-state index contributed by atoms with van der Waals surface area (Å²) in [5.74, 6) is 0.0913. The Labute approximate surface area is 138 Å². The second-order valence-corrected chi connectivity index (χ2v) is 5.71. The molecule has 0 fully saturated rings. The molecule has 0 saturated carbocycles. The summed E-state index contributed by atoms with van der Waals surface area (Å²) in [5.41, 5.74) is 3.09. The number of fused-ring (bicyclic) bond motifs is 1. The van der Waals surface area contributed by atoms with E-state index in [0.717, 1.165) is 11.1 Å². The van der Waals surface area contributed by atoms with E-state index in [2.05, 4.69) is 10.2 Å². The number of aromatic nitrogens is 3. The first-order valence-corrected chi connectivity index (χ1v) is 7.51. The number of anilines is 1. The van der Waals surface area contributed by atoms with E-state index in [1.807, 2.05) is 26.1 Å². The van der Waals surface area contributed by atoms with Gasteiger partial charge in [-0.2, -0.15) is 0 Å². The van der Waals surface area contributed by atoms with Gasteiger partial charge in [-0.3, -0.25) is 9.59 Å². The number of rotatable bonds is 2. The Bertz CT molecular complexity index is 955. The molecule has 0 saturated heterocycles. The Morgan fingerprint density at radius 3 is 2.08 bits per heavy atom. The van der Waals surface area contributed by atoms with Crippen molar-refractivity contribution in [2.75, 3.05) is 4.90 Å². The Morgan fingerprint density at radius 1 is 0.875 bits per heavy atom. The molecular formula is C18H14N4O2. The summed E-state index contributed by atoms with van der Waals surface area (Å²) in [6.07, 6.45) is 1.61. The molecule has 0 spiro atoms. The van der Waals surface area contributed by atoms with Crippen molar-refractivity contribution >= 4 is 17.5 Å². The SMILES string of the molecule is Cc1c(-c2nncn2C)cccc1N1C(=O)c2ccccc2C1=O. The third-order valence-electron chi connectivity index (χ3n) is 4.29. The van der Waals surface area contributed by atoms with Crippen molar-refractivity contribution in [1.29, 1.82) is 0 Å². The monoisotopic (exact) mass is 318 g/mol. The zero-order chi connectivity index (χ0) is 16.8. The number of hydrogen-bond acceptors (Lipinski definition) is 4. The highest BCUT2D eigenvalue weighted by Gasteiger charge is 2.37. The van der Waals surface area contributed by atoms with Gasteiger partial charge in [-0.25, -0.2) is 4.90 Å². The highest BCUT2D eigenvalue weighted by molar-refractivity contribution is 6.34. The molecule has 0 radical (unpaired) electrons. The summed E-state index contributed by atoms with van der Waals surface area (Å²) in [7, 11) is 1.85. The minimum absolute atomic E-state index is 0.297. The summed E-state index contributed by atoms with van der Waals surface area (Å²) >= 11 is 0. The van der Waals surface area contributed by atoms with Gasteiger partial charge < -0.3 is 4.57 Å². The largest absolute Gasteiger partial charge is 0.317 e. The summed E-state index contributed by atoms with van der Waals surface area (Å²) in [6, 6.07) is 12.4. The molecule has 0 unspecified atom stereocenters. The van der Waals surface area contributed by atoms with Crippen molar-refractivity contribution in [3.8, 4) is 11.4 Å². The number of benzene rings is 2. The fourth-order valence-corrected chi connectivity index (χ4v) is 3.04. The Balaban J connectivity index is 1.86. The molecule has 118 valence electrons. The summed E-state index contributed by atoms with van der Waals surface area (Å²) < 4.78 is 1.80. The molecule has 2 amide bonds. The van der Waals surface area contributed by atoms with Crippen LogP contribution in [-0.2, 0) is 7.05 Å². The van der Waals surface area contributed by atoms with E-state index in [4.69, 9.17) is 0 Å². The number of hydrogen-bond donors (Lipinski definition) is 0. The number of carbonyl (C=O) groups excluding carboxylic acids is 2. The quantitative estimate of drug-likeness (QED) is 0.681. The van der Waals surface area contributed by atoms with E-state index in [9.17, 15) is 9.59 Å². The fraction of sp³-hybridized carbons (Fsp3) is 0.111. The minimum atomic E-state index is -0.297. The molecule has 1 aliphatic heterocycles. The first-order valence-electron chi connectivity index (χ1n) is 7.51.